The number of nitrogens with two attached hydrogens (primary N) is 1. The van der Waals surface area contributed by atoms with Gasteiger partial charge in [0, 0.05) is 35.6 Å². The zero-order valence-electron chi connectivity index (χ0n) is 10.1. The van der Waals surface area contributed by atoms with Gasteiger partial charge in [-0.25, -0.2) is 4.79 Å². The molecule has 4 heteroatoms. The van der Waals surface area contributed by atoms with Crippen LogP contribution in [0.2, 0.25) is 0 Å². The molecular formula is C14H14N2O2. The summed E-state index contributed by atoms with van der Waals surface area (Å²) in [6.45, 7) is 0.529. The summed E-state index contributed by atoms with van der Waals surface area (Å²) in [5, 5.41) is 0.839. The Morgan fingerprint density at radius 3 is 3.06 bits per heavy atom. The van der Waals surface area contributed by atoms with E-state index in [1.54, 1.807) is 12.3 Å². The molecule has 0 radical (unpaired) electrons. The molecule has 0 aliphatic heterocycles. The van der Waals surface area contributed by atoms with E-state index >= 15 is 0 Å². The van der Waals surface area contributed by atoms with Crippen molar-refractivity contribution < 1.29 is 9.53 Å². The van der Waals surface area contributed by atoms with Crippen LogP contribution in [0.4, 0.5) is 0 Å². The van der Waals surface area contributed by atoms with Gasteiger partial charge in [0.25, 0.3) is 0 Å². The Balaban J connectivity index is 2.51. The van der Waals surface area contributed by atoms with Crippen molar-refractivity contribution >= 4 is 16.9 Å². The maximum Gasteiger partial charge on any atom is 0.338 e. The molecule has 1 aromatic carbocycles. The Labute approximate surface area is 105 Å². The molecule has 0 saturated carbocycles. The maximum absolute atomic E-state index is 11.7. The molecule has 0 fully saturated rings. The van der Waals surface area contributed by atoms with Crippen molar-refractivity contribution in [3.8, 4) is 11.8 Å². The van der Waals surface area contributed by atoms with Gasteiger partial charge in [-0.1, -0.05) is 11.8 Å². The number of H-pyrrole nitrogens is 1. The van der Waals surface area contributed by atoms with Crippen LogP contribution in [-0.4, -0.2) is 24.6 Å². The molecule has 2 aromatic rings. The lowest BCUT2D eigenvalue weighted by Crippen LogP contribution is -2.02. The van der Waals surface area contributed by atoms with Crippen LogP contribution < -0.4 is 5.73 Å². The third kappa shape index (κ3) is 2.36. The standard InChI is InChI=1S/C14H14N2O2/c1-18-14(17)12-8-10(4-2-3-6-15)9-13-11(12)5-7-16-13/h5,7-9,16H,3,6,15H2,1H3. The number of rotatable bonds is 2. The van der Waals surface area contributed by atoms with Gasteiger partial charge < -0.3 is 15.5 Å². The summed E-state index contributed by atoms with van der Waals surface area (Å²) in [6, 6.07) is 5.50. The summed E-state index contributed by atoms with van der Waals surface area (Å²) in [5.74, 6) is 5.58. The summed E-state index contributed by atoms with van der Waals surface area (Å²) >= 11 is 0. The van der Waals surface area contributed by atoms with E-state index in [0.29, 0.717) is 18.5 Å². The molecule has 4 nitrogen and oxygen atoms in total. The van der Waals surface area contributed by atoms with E-state index in [0.717, 1.165) is 16.5 Å². The largest absolute Gasteiger partial charge is 0.465 e. The van der Waals surface area contributed by atoms with E-state index in [4.69, 9.17) is 10.5 Å². The molecule has 0 unspecified atom stereocenters. The number of methoxy groups -OCH3 is 1. The number of esters is 1. The lowest BCUT2D eigenvalue weighted by Gasteiger charge is -2.02. The Morgan fingerprint density at radius 1 is 1.50 bits per heavy atom. The van der Waals surface area contributed by atoms with Crippen molar-refractivity contribution in [1.29, 1.82) is 0 Å². The maximum atomic E-state index is 11.7. The summed E-state index contributed by atoms with van der Waals surface area (Å²) in [5.41, 5.74) is 7.55. The normalized spacial score (nSPS) is 9.89. The number of fused-ring (bicyclic) bond motifs is 1. The zero-order chi connectivity index (χ0) is 13.0. The van der Waals surface area contributed by atoms with Gasteiger partial charge in [-0.2, -0.15) is 0 Å². The van der Waals surface area contributed by atoms with Crippen molar-refractivity contribution in [3.63, 3.8) is 0 Å². The number of ether oxygens (including phenoxy) is 1. The number of aromatic nitrogens is 1. The Bertz CT molecular complexity index is 632. The third-order valence-corrected chi connectivity index (χ3v) is 2.58. The van der Waals surface area contributed by atoms with Crippen molar-refractivity contribution in [2.75, 3.05) is 13.7 Å². The molecule has 1 aromatic heterocycles. The SMILES string of the molecule is COC(=O)c1cc(C#CCCN)cc2[nH]ccc12. The van der Waals surface area contributed by atoms with Crippen LogP contribution in [-0.2, 0) is 4.74 Å². The van der Waals surface area contributed by atoms with Crippen molar-refractivity contribution in [2.24, 2.45) is 5.73 Å². The fourth-order valence-electron chi connectivity index (χ4n) is 1.75. The number of carbonyl (C=O) groups is 1. The van der Waals surface area contributed by atoms with Gasteiger partial charge in [-0.15, -0.1) is 0 Å². The second-order valence-corrected chi connectivity index (χ2v) is 3.79. The summed E-state index contributed by atoms with van der Waals surface area (Å²) < 4.78 is 4.77. The highest BCUT2D eigenvalue weighted by Gasteiger charge is 2.12. The Kier molecular flexibility index (Phi) is 3.66. The predicted molar refractivity (Wildman–Crippen MR) is 70.2 cm³/mol. The fourth-order valence-corrected chi connectivity index (χ4v) is 1.75. The van der Waals surface area contributed by atoms with Gasteiger partial charge in [-0.3, -0.25) is 0 Å². The molecule has 92 valence electrons. The summed E-state index contributed by atoms with van der Waals surface area (Å²) in [6.07, 6.45) is 2.42. The van der Waals surface area contributed by atoms with Crippen LogP contribution in [0.5, 0.6) is 0 Å². The number of nitrogens with one attached hydrogen (secondary N) is 1. The van der Waals surface area contributed by atoms with E-state index in [1.807, 2.05) is 12.1 Å². The Morgan fingerprint density at radius 2 is 2.33 bits per heavy atom. The number of aromatic amines is 1. The van der Waals surface area contributed by atoms with E-state index in [-0.39, 0.29) is 5.97 Å². The average Bonchev–Trinajstić information content (AvgIpc) is 2.85. The van der Waals surface area contributed by atoms with Crippen molar-refractivity contribution in [3.05, 3.63) is 35.5 Å². The highest BCUT2D eigenvalue weighted by Crippen LogP contribution is 2.20. The summed E-state index contributed by atoms with van der Waals surface area (Å²) in [7, 11) is 1.37. The first kappa shape index (κ1) is 12.2. The number of hydrogen-bond acceptors (Lipinski definition) is 3. The van der Waals surface area contributed by atoms with Crippen molar-refractivity contribution in [2.45, 2.75) is 6.42 Å². The fraction of sp³-hybridized carbons (Fsp3) is 0.214. The predicted octanol–water partition coefficient (Wildman–Crippen LogP) is 1.65. The third-order valence-electron chi connectivity index (χ3n) is 2.58. The van der Waals surface area contributed by atoms with Gasteiger partial charge in [0.15, 0.2) is 0 Å². The molecule has 0 bridgehead atoms. The molecule has 18 heavy (non-hydrogen) atoms. The minimum absolute atomic E-state index is 0.359. The second kappa shape index (κ2) is 5.39. The number of hydrogen-bond donors (Lipinski definition) is 2. The molecule has 3 N–H and O–H groups in total. The smallest absolute Gasteiger partial charge is 0.338 e. The summed E-state index contributed by atoms with van der Waals surface area (Å²) in [4.78, 5) is 14.8. The van der Waals surface area contributed by atoms with Gasteiger partial charge in [0.2, 0.25) is 0 Å². The van der Waals surface area contributed by atoms with E-state index in [1.165, 1.54) is 7.11 Å². The molecule has 0 spiro atoms. The van der Waals surface area contributed by atoms with Crippen LogP contribution in [0.3, 0.4) is 0 Å². The van der Waals surface area contributed by atoms with E-state index in [2.05, 4.69) is 16.8 Å². The molecule has 2 rings (SSSR count). The highest BCUT2D eigenvalue weighted by atomic mass is 16.5. The minimum Gasteiger partial charge on any atom is -0.465 e. The number of carbonyl (C=O) groups excluding carboxylic acids is 1. The molecule has 0 amide bonds. The average molecular weight is 242 g/mol. The topological polar surface area (TPSA) is 68.1 Å². The monoisotopic (exact) mass is 242 g/mol. The van der Waals surface area contributed by atoms with Gasteiger partial charge >= 0.3 is 5.97 Å². The first-order chi connectivity index (χ1) is 8.76. The first-order valence-corrected chi connectivity index (χ1v) is 5.64. The lowest BCUT2D eigenvalue weighted by molar-refractivity contribution is 0.0603. The van der Waals surface area contributed by atoms with E-state index < -0.39 is 0 Å². The Hall–Kier alpha value is -2.25. The first-order valence-electron chi connectivity index (χ1n) is 5.64. The highest BCUT2D eigenvalue weighted by molar-refractivity contribution is 6.04. The van der Waals surface area contributed by atoms with Crippen LogP contribution >= 0.6 is 0 Å². The van der Waals surface area contributed by atoms with Crippen LogP contribution in [0.1, 0.15) is 22.3 Å². The lowest BCUT2D eigenvalue weighted by atomic mass is 10.1. The van der Waals surface area contributed by atoms with Crippen LogP contribution in [0.25, 0.3) is 10.9 Å². The van der Waals surface area contributed by atoms with Gasteiger partial charge in [0.1, 0.15) is 0 Å². The molecule has 0 aliphatic rings. The number of benzene rings is 1. The molecule has 0 saturated heterocycles. The molecule has 1 heterocycles. The molecule has 0 aliphatic carbocycles. The molecular weight excluding hydrogens is 228 g/mol. The quantitative estimate of drug-likeness (QED) is 0.621. The van der Waals surface area contributed by atoms with Crippen molar-refractivity contribution in [1.82, 2.24) is 4.98 Å². The second-order valence-electron chi connectivity index (χ2n) is 3.79. The minimum atomic E-state index is -0.359. The molecule has 0 atom stereocenters. The zero-order valence-corrected chi connectivity index (χ0v) is 10.1. The van der Waals surface area contributed by atoms with E-state index in [9.17, 15) is 4.79 Å². The van der Waals surface area contributed by atoms with Crippen LogP contribution in [0.15, 0.2) is 24.4 Å². The van der Waals surface area contributed by atoms with Gasteiger partial charge in [-0.05, 0) is 18.2 Å². The van der Waals surface area contributed by atoms with Crippen LogP contribution in [0, 0.1) is 11.8 Å². The van der Waals surface area contributed by atoms with Gasteiger partial charge in [0.05, 0.1) is 12.7 Å².